The summed E-state index contributed by atoms with van der Waals surface area (Å²) in [4.78, 5) is 14.8. The summed E-state index contributed by atoms with van der Waals surface area (Å²) in [5.74, 6) is 0.400. The molecule has 1 amide bonds. The predicted molar refractivity (Wildman–Crippen MR) is 72.0 cm³/mol. The van der Waals surface area contributed by atoms with Crippen molar-refractivity contribution in [1.29, 1.82) is 0 Å². The second-order valence-corrected chi connectivity index (χ2v) is 5.12. The molecular formula is C14H28N2O. The van der Waals surface area contributed by atoms with Crippen molar-refractivity contribution in [2.24, 2.45) is 5.41 Å². The van der Waals surface area contributed by atoms with Crippen molar-refractivity contribution >= 4 is 5.91 Å². The van der Waals surface area contributed by atoms with E-state index in [0.29, 0.717) is 5.91 Å². The molecule has 0 unspecified atom stereocenters. The highest BCUT2D eigenvalue weighted by Gasteiger charge is 2.39. The maximum atomic E-state index is 12.7. The number of nitrogens with one attached hydrogen (secondary N) is 1. The first-order valence-electron chi connectivity index (χ1n) is 7.20. The Kier molecular flexibility index (Phi) is 5.96. The van der Waals surface area contributed by atoms with E-state index in [2.05, 4.69) is 31.0 Å². The van der Waals surface area contributed by atoms with Gasteiger partial charge in [0.15, 0.2) is 0 Å². The lowest BCUT2D eigenvalue weighted by Crippen LogP contribution is -2.49. The Bertz CT molecular complexity index is 234. The minimum absolute atomic E-state index is 0.0744. The standard InChI is InChI=1S/C14H28N2O/c1-4-7-12-16(6-3)13(17)14(5-2)8-10-15-11-9-14/h15H,4-12H2,1-3H3. The van der Waals surface area contributed by atoms with E-state index in [0.717, 1.165) is 58.3 Å². The zero-order valence-electron chi connectivity index (χ0n) is 11.7. The highest BCUT2D eigenvalue weighted by Crippen LogP contribution is 2.34. The normalized spacial score (nSPS) is 19.0. The number of piperidine rings is 1. The zero-order chi connectivity index (χ0) is 12.7. The second kappa shape index (κ2) is 7.00. The molecule has 100 valence electrons. The summed E-state index contributed by atoms with van der Waals surface area (Å²) in [6.07, 6.45) is 5.27. The van der Waals surface area contributed by atoms with Crippen LogP contribution >= 0.6 is 0 Å². The number of amides is 1. The summed E-state index contributed by atoms with van der Waals surface area (Å²) in [6, 6.07) is 0. The lowest BCUT2D eigenvalue weighted by atomic mass is 9.75. The lowest BCUT2D eigenvalue weighted by molar-refractivity contribution is -0.144. The van der Waals surface area contributed by atoms with Crippen LogP contribution in [0.25, 0.3) is 0 Å². The Morgan fingerprint density at radius 2 is 1.88 bits per heavy atom. The maximum absolute atomic E-state index is 12.7. The number of nitrogens with zero attached hydrogens (tertiary/aromatic N) is 1. The number of hydrogen-bond donors (Lipinski definition) is 1. The first kappa shape index (κ1) is 14.5. The van der Waals surface area contributed by atoms with Crippen molar-refractivity contribution in [2.45, 2.75) is 52.9 Å². The summed E-state index contributed by atoms with van der Waals surface area (Å²) >= 11 is 0. The Morgan fingerprint density at radius 1 is 1.24 bits per heavy atom. The summed E-state index contributed by atoms with van der Waals surface area (Å²) in [5, 5.41) is 3.36. The third-order valence-corrected chi connectivity index (χ3v) is 4.14. The molecular weight excluding hydrogens is 212 g/mol. The molecule has 17 heavy (non-hydrogen) atoms. The molecule has 0 aliphatic carbocycles. The highest BCUT2D eigenvalue weighted by molar-refractivity contribution is 5.82. The highest BCUT2D eigenvalue weighted by atomic mass is 16.2. The molecule has 0 radical (unpaired) electrons. The summed E-state index contributed by atoms with van der Waals surface area (Å²) < 4.78 is 0. The third-order valence-electron chi connectivity index (χ3n) is 4.14. The van der Waals surface area contributed by atoms with E-state index in [9.17, 15) is 4.79 Å². The average molecular weight is 240 g/mol. The van der Waals surface area contributed by atoms with Gasteiger partial charge in [0.2, 0.25) is 5.91 Å². The Hall–Kier alpha value is -0.570. The van der Waals surface area contributed by atoms with Gasteiger partial charge in [-0.25, -0.2) is 0 Å². The Morgan fingerprint density at radius 3 is 2.35 bits per heavy atom. The lowest BCUT2D eigenvalue weighted by Gasteiger charge is -2.39. The molecule has 3 nitrogen and oxygen atoms in total. The van der Waals surface area contributed by atoms with Gasteiger partial charge in [-0.15, -0.1) is 0 Å². The number of carbonyl (C=O) groups is 1. The quantitative estimate of drug-likeness (QED) is 0.773. The van der Waals surface area contributed by atoms with Gasteiger partial charge in [0.05, 0.1) is 5.41 Å². The maximum Gasteiger partial charge on any atom is 0.228 e. The Labute approximate surface area is 106 Å². The first-order chi connectivity index (χ1) is 8.20. The van der Waals surface area contributed by atoms with Crippen molar-refractivity contribution in [3.8, 4) is 0 Å². The van der Waals surface area contributed by atoms with Crippen LogP contribution in [-0.2, 0) is 4.79 Å². The van der Waals surface area contributed by atoms with Gasteiger partial charge in [0.25, 0.3) is 0 Å². The van der Waals surface area contributed by atoms with Gasteiger partial charge in [-0.1, -0.05) is 20.3 Å². The van der Waals surface area contributed by atoms with Crippen LogP contribution < -0.4 is 5.32 Å². The van der Waals surface area contributed by atoms with E-state index in [1.54, 1.807) is 0 Å². The summed E-state index contributed by atoms with van der Waals surface area (Å²) in [6.45, 7) is 10.2. The van der Waals surface area contributed by atoms with Gasteiger partial charge in [-0.2, -0.15) is 0 Å². The zero-order valence-corrected chi connectivity index (χ0v) is 11.7. The molecule has 0 atom stereocenters. The molecule has 1 saturated heterocycles. The molecule has 1 heterocycles. The largest absolute Gasteiger partial charge is 0.342 e. The minimum atomic E-state index is -0.0744. The van der Waals surface area contributed by atoms with Crippen LogP contribution in [0, 0.1) is 5.41 Å². The van der Waals surface area contributed by atoms with Crippen LogP contribution in [0.3, 0.4) is 0 Å². The van der Waals surface area contributed by atoms with E-state index < -0.39 is 0 Å². The molecule has 0 aromatic rings. The van der Waals surface area contributed by atoms with E-state index in [1.165, 1.54) is 0 Å². The molecule has 0 aromatic carbocycles. The molecule has 1 aliphatic heterocycles. The topological polar surface area (TPSA) is 32.3 Å². The molecule has 3 heteroatoms. The summed E-state index contributed by atoms with van der Waals surface area (Å²) in [7, 11) is 0. The van der Waals surface area contributed by atoms with Crippen molar-refractivity contribution in [3.05, 3.63) is 0 Å². The van der Waals surface area contributed by atoms with Gasteiger partial charge in [-0.05, 0) is 45.7 Å². The van der Waals surface area contributed by atoms with Gasteiger partial charge >= 0.3 is 0 Å². The molecule has 1 aliphatic rings. The van der Waals surface area contributed by atoms with Gasteiger partial charge < -0.3 is 10.2 Å². The Balaban J connectivity index is 2.68. The van der Waals surface area contributed by atoms with Gasteiger partial charge in [-0.3, -0.25) is 4.79 Å². The van der Waals surface area contributed by atoms with E-state index >= 15 is 0 Å². The molecule has 1 fully saturated rings. The molecule has 0 aromatic heterocycles. The van der Waals surface area contributed by atoms with E-state index in [4.69, 9.17) is 0 Å². The van der Waals surface area contributed by atoms with Crippen LogP contribution in [0.5, 0.6) is 0 Å². The van der Waals surface area contributed by atoms with Gasteiger partial charge in [0.1, 0.15) is 0 Å². The number of unbranched alkanes of at least 4 members (excludes halogenated alkanes) is 1. The van der Waals surface area contributed by atoms with Gasteiger partial charge in [0, 0.05) is 13.1 Å². The minimum Gasteiger partial charge on any atom is -0.342 e. The fourth-order valence-corrected chi connectivity index (χ4v) is 2.71. The average Bonchev–Trinajstić information content (AvgIpc) is 2.40. The number of hydrogen-bond acceptors (Lipinski definition) is 2. The van der Waals surface area contributed by atoms with Crippen molar-refractivity contribution in [1.82, 2.24) is 10.2 Å². The SMILES string of the molecule is CCCCN(CC)C(=O)C1(CC)CCNCC1. The van der Waals surface area contributed by atoms with E-state index in [1.807, 2.05) is 0 Å². The number of carbonyl (C=O) groups excluding carboxylic acids is 1. The smallest absolute Gasteiger partial charge is 0.228 e. The first-order valence-corrected chi connectivity index (χ1v) is 7.20. The van der Waals surface area contributed by atoms with Crippen LogP contribution in [0.15, 0.2) is 0 Å². The summed E-state index contributed by atoms with van der Waals surface area (Å²) in [5.41, 5.74) is -0.0744. The fourth-order valence-electron chi connectivity index (χ4n) is 2.71. The monoisotopic (exact) mass is 240 g/mol. The van der Waals surface area contributed by atoms with Crippen LogP contribution in [0.4, 0.5) is 0 Å². The molecule has 1 N–H and O–H groups in total. The molecule has 0 saturated carbocycles. The third kappa shape index (κ3) is 3.44. The molecule has 0 spiro atoms. The number of rotatable bonds is 6. The van der Waals surface area contributed by atoms with Crippen LogP contribution in [0.1, 0.15) is 52.9 Å². The van der Waals surface area contributed by atoms with Crippen molar-refractivity contribution in [3.63, 3.8) is 0 Å². The second-order valence-electron chi connectivity index (χ2n) is 5.12. The van der Waals surface area contributed by atoms with Crippen LogP contribution in [0.2, 0.25) is 0 Å². The fraction of sp³-hybridized carbons (Fsp3) is 0.929. The molecule has 1 rings (SSSR count). The van der Waals surface area contributed by atoms with Crippen molar-refractivity contribution in [2.75, 3.05) is 26.2 Å². The van der Waals surface area contributed by atoms with E-state index in [-0.39, 0.29) is 5.41 Å². The van der Waals surface area contributed by atoms with Crippen LogP contribution in [-0.4, -0.2) is 37.0 Å². The molecule has 0 bridgehead atoms. The predicted octanol–water partition coefficient (Wildman–Crippen LogP) is 2.41. The van der Waals surface area contributed by atoms with Crippen molar-refractivity contribution < 1.29 is 4.79 Å².